The van der Waals surface area contributed by atoms with E-state index in [-0.39, 0.29) is 34.9 Å². The van der Waals surface area contributed by atoms with E-state index in [1.165, 1.54) is 12.0 Å². The van der Waals surface area contributed by atoms with Gasteiger partial charge in [-0.25, -0.2) is 4.98 Å². The lowest BCUT2D eigenvalue weighted by atomic mass is 9.62. The van der Waals surface area contributed by atoms with Crippen LogP contribution in [0.5, 0.6) is 0 Å². The van der Waals surface area contributed by atoms with E-state index in [4.69, 9.17) is 9.72 Å². The van der Waals surface area contributed by atoms with E-state index in [1.807, 2.05) is 41.0 Å². The van der Waals surface area contributed by atoms with Crippen molar-refractivity contribution in [2.75, 3.05) is 12.0 Å². The topological polar surface area (TPSA) is 85.3 Å². The molecular weight excluding hydrogens is 488 g/mol. The number of hydrogen-bond donors (Lipinski definition) is 2. The summed E-state index contributed by atoms with van der Waals surface area (Å²) in [5.41, 5.74) is 10.2. The van der Waals surface area contributed by atoms with E-state index < -0.39 is 0 Å². The first-order valence-electron chi connectivity index (χ1n) is 14.3. The van der Waals surface area contributed by atoms with E-state index in [2.05, 4.69) is 42.9 Å². The minimum Gasteiger partial charge on any atom is -0.375 e. The summed E-state index contributed by atoms with van der Waals surface area (Å²) in [6.45, 7) is 4.72. The number of nitrogens with zero attached hydrogens (tertiary/aromatic N) is 2. The number of ether oxygens (including phenoxy) is 1. The molecule has 1 amide bonds. The van der Waals surface area contributed by atoms with Crippen molar-refractivity contribution in [3.63, 3.8) is 0 Å². The Bertz CT molecular complexity index is 1420. The number of hydrogen-bond acceptors (Lipinski definition) is 5. The van der Waals surface area contributed by atoms with Gasteiger partial charge in [0.2, 0.25) is 11.9 Å². The molecule has 0 unspecified atom stereocenters. The third-order valence-electron chi connectivity index (χ3n) is 8.82. The van der Waals surface area contributed by atoms with Crippen LogP contribution in [0, 0.1) is 0 Å². The number of amides is 1. The Morgan fingerprint density at radius 1 is 1.05 bits per heavy atom. The Kier molecular flexibility index (Phi) is 6.79. The molecule has 2 heterocycles. The first kappa shape index (κ1) is 25.8. The Morgan fingerprint density at radius 2 is 1.79 bits per heavy atom. The largest absolute Gasteiger partial charge is 0.375 e. The zero-order chi connectivity index (χ0) is 27.0. The molecule has 2 N–H and O–H groups in total. The normalized spacial score (nSPS) is 21.0. The second kappa shape index (κ2) is 10.3. The van der Waals surface area contributed by atoms with Gasteiger partial charge in [-0.1, -0.05) is 73.9 Å². The minimum atomic E-state index is -0.346. The average molecular weight is 527 g/mol. The van der Waals surface area contributed by atoms with Crippen LogP contribution >= 0.6 is 0 Å². The van der Waals surface area contributed by atoms with Gasteiger partial charge in [0, 0.05) is 23.6 Å². The summed E-state index contributed by atoms with van der Waals surface area (Å²) in [6, 6.07) is 17.9. The van der Waals surface area contributed by atoms with Gasteiger partial charge in [0.25, 0.3) is 5.56 Å². The van der Waals surface area contributed by atoms with Gasteiger partial charge in [0.05, 0.1) is 23.3 Å². The smallest absolute Gasteiger partial charge is 0.259 e. The highest BCUT2D eigenvalue weighted by Gasteiger charge is 2.44. The van der Waals surface area contributed by atoms with Crippen molar-refractivity contribution in [2.24, 2.45) is 0 Å². The standard InChI is InChI=1S/C32H38N4O3/c1-31(2)21-24(15-18-39-31)36-29(38)27-28(33-30(36)35-34-26(37)19-22-11-5-3-6-12-22)25-14-8-7-13-23(25)20-32(27)16-9-4-10-17-32/h3,5-8,11-14,24H,4,9-10,15-21H2,1-2H3,(H,33,35)(H,34,37)/t24-/m0/s1. The van der Waals surface area contributed by atoms with Gasteiger partial charge < -0.3 is 4.74 Å². The average Bonchev–Trinajstić information content (AvgIpc) is 2.92. The van der Waals surface area contributed by atoms with Crippen molar-refractivity contribution >= 4 is 11.9 Å². The van der Waals surface area contributed by atoms with E-state index >= 15 is 0 Å². The molecule has 3 aliphatic rings. The zero-order valence-corrected chi connectivity index (χ0v) is 23.0. The Morgan fingerprint density at radius 3 is 2.56 bits per heavy atom. The maximum Gasteiger partial charge on any atom is 0.259 e. The number of nitrogens with one attached hydrogen (secondary N) is 2. The predicted octanol–water partition coefficient (Wildman–Crippen LogP) is 5.48. The molecule has 2 fully saturated rings. The second-order valence-electron chi connectivity index (χ2n) is 12.1. The van der Waals surface area contributed by atoms with E-state index in [0.29, 0.717) is 19.0 Å². The molecule has 2 aromatic carbocycles. The van der Waals surface area contributed by atoms with Crippen molar-refractivity contribution in [1.82, 2.24) is 15.0 Å². The van der Waals surface area contributed by atoms with Gasteiger partial charge in [0.15, 0.2) is 0 Å². The van der Waals surface area contributed by atoms with E-state index in [1.54, 1.807) is 0 Å². The van der Waals surface area contributed by atoms with Gasteiger partial charge in [0.1, 0.15) is 0 Å². The number of fused-ring (bicyclic) bond motifs is 4. The fraction of sp³-hybridized carbons (Fsp3) is 0.469. The molecule has 1 aliphatic heterocycles. The summed E-state index contributed by atoms with van der Waals surface area (Å²) in [4.78, 5) is 32.7. The molecule has 1 saturated heterocycles. The molecule has 6 rings (SSSR count). The number of anilines is 1. The third-order valence-corrected chi connectivity index (χ3v) is 8.82. The number of benzene rings is 2. The quantitative estimate of drug-likeness (QED) is 0.430. The fourth-order valence-electron chi connectivity index (χ4n) is 7.02. The number of carbonyl (C=O) groups excluding carboxylic acids is 1. The highest BCUT2D eigenvalue weighted by molar-refractivity contribution is 5.80. The van der Waals surface area contributed by atoms with Crippen LogP contribution in [0.3, 0.4) is 0 Å². The molecule has 2 aliphatic carbocycles. The molecule has 1 atom stereocenters. The van der Waals surface area contributed by atoms with Crippen molar-refractivity contribution < 1.29 is 9.53 Å². The number of carbonyl (C=O) groups is 1. The van der Waals surface area contributed by atoms with Gasteiger partial charge in [-0.05, 0) is 57.1 Å². The van der Waals surface area contributed by atoms with Crippen LogP contribution in [0.1, 0.15) is 81.5 Å². The lowest BCUT2D eigenvalue weighted by Gasteiger charge is -2.43. The summed E-state index contributed by atoms with van der Waals surface area (Å²) in [5.74, 6) is 0.210. The molecule has 7 nitrogen and oxygen atoms in total. The molecule has 7 heteroatoms. The van der Waals surface area contributed by atoms with Crippen LogP contribution in [-0.4, -0.2) is 27.7 Å². The lowest BCUT2D eigenvalue weighted by Crippen LogP contribution is -2.47. The van der Waals surface area contributed by atoms with Crippen LogP contribution in [0.4, 0.5) is 5.95 Å². The monoisotopic (exact) mass is 526 g/mol. The van der Waals surface area contributed by atoms with Crippen molar-refractivity contribution in [3.8, 4) is 11.3 Å². The summed E-state index contributed by atoms with van der Waals surface area (Å²) in [6.07, 6.45) is 8.01. The van der Waals surface area contributed by atoms with E-state index in [9.17, 15) is 9.59 Å². The van der Waals surface area contributed by atoms with Gasteiger partial charge in [-0.15, -0.1) is 0 Å². The second-order valence-corrected chi connectivity index (χ2v) is 12.1. The molecule has 0 bridgehead atoms. The van der Waals surface area contributed by atoms with Crippen molar-refractivity contribution in [1.29, 1.82) is 0 Å². The maximum atomic E-state index is 14.7. The van der Waals surface area contributed by atoms with Crippen LogP contribution in [0.25, 0.3) is 11.3 Å². The van der Waals surface area contributed by atoms with Gasteiger partial charge in [-0.3, -0.25) is 25.0 Å². The predicted molar refractivity (Wildman–Crippen MR) is 153 cm³/mol. The van der Waals surface area contributed by atoms with Crippen LogP contribution in [-0.2, 0) is 27.8 Å². The molecule has 3 aromatic rings. The highest BCUT2D eigenvalue weighted by atomic mass is 16.5. The highest BCUT2D eigenvalue weighted by Crippen LogP contribution is 2.49. The first-order valence-corrected chi connectivity index (χ1v) is 14.3. The van der Waals surface area contributed by atoms with Crippen molar-refractivity contribution in [3.05, 3.63) is 81.6 Å². The Labute approximate surface area is 230 Å². The fourth-order valence-corrected chi connectivity index (χ4v) is 7.02. The number of aromatic nitrogens is 2. The molecule has 39 heavy (non-hydrogen) atoms. The molecule has 1 aromatic heterocycles. The van der Waals surface area contributed by atoms with Crippen LogP contribution in [0.15, 0.2) is 59.4 Å². The number of hydrazine groups is 1. The summed E-state index contributed by atoms with van der Waals surface area (Å²) >= 11 is 0. The van der Waals surface area contributed by atoms with Gasteiger partial charge >= 0.3 is 0 Å². The Hall–Kier alpha value is -3.45. The Balaban J connectivity index is 1.45. The first-order chi connectivity index (χ1) is 18.9. The van der Waals surface area contributed by atoms with E-state index in [0.717, 1.165) is 60.9 Å². The minimum absolute atomic E-state index is 0.0268. The lowest BCUT2D eigenvalue weighted by molar-refractivity contribution is -0.120. The number of rotatable bonds is 5. The van der Waals surface area contributed by atoms with Crippen LogP contribution < -0.4 is 16.4 Å². The molecule has 0 radical (unpaired) electrons. The molecule has 1 spiro atoms. The molecule has 204 valence electrons. The van der Waals surface area contributed by atoms with Gasteiger partial charge in [-0.2, -0.15) is 0 Å². The SMILES string of the molecule is CC1(C)C[C@@H](n2c(NNC(=O)Cc3ccccc3)nc3c(c2=O)C2(CCCCC2)Cc2ccccc2-3)CCO1. The summed E-state index contributed by atoms with van der Waals surface area (Å²) < 4.78 is 7.83. The molecular formula is C32H38N4O3. The van der Waals surface area contributed by atoms with Crippen molar-refractivity contribution in [2.45, 2.75) is 88.7 Å². The third kappa shape index (κ3) is 5.00. The summed E-state index contributed by atoms with van der Waals surface area (Å²) in [7, 11) is 0. The molecule has 1 saturated carbocycles. The summed E-state index contributed by atoms with van der Waals surface area (Å²) in [5, 5.41) is 0. The van der Waals surface area contributed by atoms with Crippen LogP contribution in [0.2, 0.25) is 0 Å². The maximum absolute atomic E-state index is 14.7. The zero-order valence-electron chi connectivity index (χ0n) is 23.0.